The van der Waals surface area contributed by atoms with Crippen LogP contribution in [0.2, 0.25) is 0 Å². The number of carbonyl (C=O) groups is 2. The Bertz CT molecular complexity index is 927. The van der Waals surface area contributed by atoms with E-state index in [0.717, 1.165) is 25.7 Å². The summed E-state index contributed by atoms with van der Waals surface area (Å²) in [6.07, 6.45) is 4.60. The van der Waals surface area contributed by atoms with Crippen molar-refractivity contribution in [2.24, 2.45) is 13.0 Å². The summed E-state index contributed by atoms with van der Waals surface area (Å²) in [6, 6.07) is 3.61. The molecule has 2 heterocycles. The molecule has 1 aliphatic rings. The Morgan fingerprint density at radius 1 is 1.29 bits per heavy atom. The van der Waals surface area contributed by atoms with Crippen LogP contribution in [-0.2, 0) is 27.8 Å². The summed E-state index contributed by atoms with van der Waals surface area (Å²) in [5.74, 6) is -0.807. The number of aryl methyl sites for hydroxylation is 2. The molecule has 0 bridgehead atoms. The molecule has 9 heteroatoms. The zero-order chi connectivity index (χ0) is 22.4. The second-order valence-electron chi connectivity index (χ2n) is 7.98. The maximum Gasteiger partial charge on any atom is 0.311 e. The van der Waals surface area contributed by atoms with Gasteiger partial charge < -0.3 is 14.6 Å². The number of hydrogen-bond donors (Lipinski definition) is 1. The van der Waals surface area contributed by atoms with E-state index in [4.69, 9.17) is 9.47 Å². The van der Waals surface area contributed by atoms with Gasteiger partial charge in [-0.2, -0.15) is 0 Å². The molecule has 0 spiro atoms. The maximum absolute atomic E-state index is 12.2. The first-order chi connectivity index (χ1) is 14.9. The number of pyridine rings is 1. The predicted molar refractivity (Wildman–Crippen MR) is 113 cm³/mol. The van der Waals surface area contributed by atoms with E-state index in [-0.39, 0.29) is 24.4 Å². The summed E-state index contributed by atoms with van der Waals surface area (Å²) in [4.78, 5) is 28.1. The molecule has 1 fully saturated rings. The molecule has 0 aromatic carbocycles. The van der Waals surface area contributed by atoms with Crippen molar-refractivity contribution < 1.29 is 24.2 Å². The third-order valence-corrected chi connectivity index (χ3v) is 5.56. The van der Waals surface area contributed by atoms with Crippen molar-refractivity contribution in [3.8, 4) is 17.1 Å². The normalized spacial score (nSPS) is 18.5. The molecule has 2 aromatic rings. The number of unbranched alkanes of at least 4 members (excludes halogenated alkanes) is 1. The van der Waals surface area contributed by atoms with Crippen LogP contribution in [0.25, 0.3) is 11.4 Å². The third kappa shape index (κ3) is 5.80. The van der Waals surface area contributed by atoms with E-state index in [0.29, 0.717) is 48.0 Å². The number of rotatable bonds is 9. The first-order valence-corrected chi connectivity index (χ1v) is 10.8. The first-order valence-electron chi connectivity index (χ1n) is 10.8. The van der Waals surface area contributed by atoms with Crippen molar-refractivity contribution in [3.63, 3.8) is 0 Å². The lowest BCUT2D eigenvalue weighted by molar-refractivity contribution is -0.144. The zero-order valence-corrected chi connectivity index (χ0v) is 18.3. The lowest BCUT2D eigenvalue weighted by atomic mass is 9.87. The Morgan fingerprint density at radius 2 is 2.10 bits per heavy atom. The number of carboxylic acid groups (broad SMARTS) is 1. The Morgan fingerprint density at radius 3 is 2.81 bits per heavy atom. The highest BCUT2D eigenvalue weighted by Crippen LogP contribution is 2.30. The Kier molecular flexibility index (Phi) is 7.59. The van der Waals surface area contributed by atoms with Gasteiger partial charge in [0, 0.05) is 7.05 Å². The number of aromatic nitrogens is 4. The van der Waals surface area contributed by atoms with Crippen molar-refractivity contribution in [3.05, 3.63) is 23.5 Å². The second kappa shape index (κ2) is 10.4. The minimum atomic E-state index is -0.762. The van der Waals surface area contributed by atoms with E-state index in [1.54, 1.807) is 17.8 Å². The van der Waals surface area contributed by atoms with Crippen molar-refractivity contribution in [2.75, 3.05) is 6.61 Å². The fourth-order valence-corrected chi connectivity index (χ4v) is 3.75. The van der Waals surface area contributed by atoms with Gasteiger partial charge in [-0.05, 0) is 51.2 Å². The highest BCUT2D eigenvalue weighted by Gasteiger charge is 2.28. The van der Waals surface area contributed by atoms with Gasteiger partial charge in [0.25, 0.3) is 0 Å². The molecule has 3 rings (SSSR count). The van der Waals surface area contributed by atoms with Crippen molar-refractivity contribution in [1.82, 2.24) is 20.0 Å². The quantitative estimate of drug-likeness (QED) is 0.476. The van der Waals surface area contributed by atoms with Crippen molar-refractivity contribution >= 4 is 11.9 Å². The average Bonchev–Trinajstić information content (AvgIpc) is 3.10. The van der Waals surface area contributed by atoms with Gasteiger partial charge in [-0.3, -0.25) is 14.3 Å². The van der Waals surface area contributed by atoms with E-state index in [1.807, 2.05) is 19.9 Å². The summed E-state index contributed by atoms with van der Waals surface area (Å²) in [6.45, 7) is 4.28. The SMILES string of the molecule is CCCCOC(=O)Cc1c(-c2ccc(O[C@H]3CCC[C@H](C(=O)O)C3)c(C)n2)nnn1C. The molecule has 2 aromatic heterocycles. The summed E-state index contributed by atoms with van der Waals surface area (Å²) in [5.41, 5.74) is 2.45. The molecule has 9 nitrogen and oxygen atoms in total. The van der Waals surface area contributed by atoms with Crippen LogP contribution in [0, 0.1) is 12.8 Å². The number of carbonyl (C=O) groups excluding carboxylic acids is 1. The summed E-state index contributed by atoms with van der Waals surface area (Å²) < 4.78 is 12.9. The minimum Gasteiger partial charge on any atom is -0.489 e. The number of nitrogens with zero attached hydrogens (tertiary/aromatic N) is 4. The van der Waals surface area contributed by atoms with Gasteiger partial charge in [0.05, 0.1) is 42.1 Å². The zero-order valence-electron chi connectivity index (χ0n) is 18.3. The van der Waals surface area contributed by atoms with Gasteiger partial charge in [-0.15, -0.1) is 5.10 Å². The van der Waals surface area contributed by atoms with Crippen LogP contribution in [0.3, 0.4) is 0 Å². The van der Waals surface area contributed by atoms with Crippen LogP contribution in [0.5, 0.6) is 5.75 Å². The average molecular weight is 431 g/mol. The molecule has 0 saturated heterocycles. The molecule has 0 unspecified atom stereocenters. The standard InChI is InChI=1S/C22H30N4O5/c1-4-5-11-30-20(27)13-18-21(24-25-26(18)3)17-9-10-19(14(2)23-17)31-16-8-6-7-15(12-16)22(28)29/h9-10,15-16H,4-8,11-13H2,1-3H3,(H,28,29)/t15-,16-/m0/s1. The largest absolute Gasteiger partial charge is 0.489 e. The molecule has 0 amide bonds. The number of esters is 1. The molecular weight excluding hydrogens is 400 g/mol. The smallest absolute Gasteiger partial charge is 0.311 e. The number of hydrogen-bond acceptors (Lipinski definition) is 7. The monoisotopic (exact) mass is 430 g/mol. The predicted octanol–water partition coefficient (Wildman–Crippen LogP) is 3.09. The lowest BCUT2D eigenvalue weighted by Gasteiger charge is -2.27. The summed E-state index contributed by atoms with van der Waals surface area (Å²) in [7, 11) is 1.73. The van der Waals surface area contributed by atoms with E-state index >= 15 is 0 Å². The molecule has 1 N–H and O–H groups in total. The lowest BCUT2D eigenvalue weighted by Crippen LogP contribution is -2.29. The number of aliphatic carboxylic acids is 1. The maximum atomic E-state index is 12.2. The molecule has 0 radical (unpaired) electrons. The van der Waals surface area contributed by atoms with Crippen LogP contribution in [0.1, 0.15) is 56.8 Å². The number of ether oxygens (including phenoxy) is 2. The molecule has 0 aliphatic heterocycles. The molecule has 31 heavy (non-hydrogen) atoms. The summed E-state index contributed by atoms with van der Waals surface area (Å²) >= 11 is 0. The van der Waals surface area contributed by atoms with Crippen LogP contribution < -0.4 is 4.74 Å². The van der Waals surface area contributed by atoms with Gasteiger partial charge in [0.1, 0.15) is 11.4 Å². The van der Waals surface area contributed by atoms with Gasteiger partial charge in [-0.25, -0.2) is 4.98 Å². The van der Waals surface area contributed by atoms with E-state index in [2.05, 4.69) is 15.3 Å². The Labute approximate surface area is 181 Å². The fraction of sp³-hybridized carbons (Fsp3) is 0.591. The topological polar surface area (TPSA) is 116 Å². The van der Waals surface area contributed by atoms with Crippen LogP contribution in [0.4, 0.5) is 0 Å². The van der Waals surface area contributed by atoms with Gasteiger partial charge >= 0.3 is 11.9 Å². The second-order valence-corrected chi connectivity index (χ2v) is 7.98. The van der Waals surface area contributed by atoms with Gasteiger partial charge in [0.2, 0.25) is 0 Å². The highest BCUT2D eigenvalue weighted by molar-refractivity contribution is 5.75. The van der Waals surface area contributed by atoms with Crippen LogP contribution >= 0.6 is 0 Å². The van der Waals surface area contributed by atoms with E-state index in [1.165, 1.54) is 0 Å². The third-order valence-electron chi connectivity index (χ3n) is 5.56. The van der Waals surface area contributed by atoms with Crippen LogP contribution in [0.15, 0.2) is 12.1 Å². The molecule has 1 saturated carbocycles. The molecular formula is C22H30N4O5. The van der Waals surface area contributed by atoms with Gasteiger partial charge in [-0.1, -0.05) is 18.6 Å². The van der Waals surface area contributed by atoms with Gasteiger partial charge in [0.15, 0.2) is 0 Å². The van der Waals surface area contributed by atoms with Crippen molar-refractivity contribution in [2.45, 2.75) is 64.9 Å². The highest BCUT2D eigenvalue weighted by atomic mass is 16.5. The van der Waals surface area contributed by atoms with Crippen molar-refractivity contribution in [1.29, 1.82) is 0 Å². The molecule has 1 aliphatic carbocycles. The Balaban J connectivity index is 1.71. The Hall–Kier alpha value is -2.97. The molecule has 168 valence electrons. The van der Waals surface area contributed by atoms with E-state index in [9.17, 15) is 14.7 Å². The summed E-state index contributed by atoms with van der Waals surface area (Å²) in [5, 5.41) is 17.5. The molecule has 2 atom stereocenters. The first kappa shape index (κ1) is 22.7. The minimum absolute atomic E-state index is 0.0696. The fourth-order valence-electron chi connectivity index (χ4n) is 3.75. The van der Waals surface area contributed by atoms with Crippen LogP contribution in [-0.4, -0.2) is 49.7 Å². The number of carboxylic acids is 1. The van der Waals surface area contributed by atoms with E-state index < -0.39 is 5.97 Å².